The minimum absolute atomic E-state index is 0.0804. The summed E-state index contributed by atoms with van der Waals surface area (Å²) in [5.41, 5.74) is 10.6. The lowest BCUT2D eigenvalue weighted by molar-refractivity contribution is -0.135. The summed E-state index contributed by atoms with van der Waals surface area (Å²) in [5.74, 6) is -2.15. The predicted molar refractivity (Wildman–Crippen MR) is 69.0 cm³/mol. The molecule has 2 atom stereocenters. The van der Waals surface area contributed by atoms with E-state index in [4.69, 9.17) is 26.2 Å². The van der Waals surface area contributed by atoms with Gasteiger partial charge in [0.15, 0.2) is 5.82 Å². The number of aliphatic hydroxyl groups excluding tert-OH is 1. The maximum absolute atomic E-state index is 11.5. The molecule has 12 nitrogen and oxygen atoms in total. The second kappa shape index (κ2) is 7.90. The maximum Gasteiger partial charge on any atom is 0.323 e. The van der Waals surface area contributed by atoms with Gasteiger partial charge in [-0.05, 0) is 0 Å². The standard InChI is InChI=1S/C10H16N6O6/c11-4(3-17)9-15-8(16-22-9)5(1-6(12)18)14-10(21)13-2-7(19)20/h4-5,17H,1-3,11H2,(H2,12,18)(H,19,20)(H2,13,14,21)/t4-,5-/m0/s1. The van der Waals surface area contributed by atoms with E-state index in [2.05, 4.69) is 15.5 Å². The van der Waals surface area contributed by atoms with Crippen molar-refractivity contribution in [3.63, 3.8) is 0 Å². The van der Waals surface area contributed by atoms with Crippen LogP contribution in [0.5, 0.6) is 0 Å². The molecular weight excluding hydrogens is 300 g/mol. The third kappa shape index (κ3) is 5.34. The van der Waals surface area contributed by atoms with E-state index in [0.29, 0.717) is 0 Å². The fourth-order valence-electron chi connectivity index (χ4n) is 1.39. The molecule has 0 aliphatic rings. The highest BCUT2D eigenvalue weighted by Crippen LogP contribution is 2.15. The Morgan fingerprint density at radius 3 is 2.59 bits per heavy atom. The summed E-state index contributed by atoms with van der Waals surface area (Å²) in [7, 11) is 0. The van der Waals surface area contributed by atoms with Crippen molar-refractivity contribution in [2.45, 2.75) is 18.5 Å². The summed E-state index contributed by atoms with van der Waals surface area (Å²) in [6, 6.07) is -2.79. The van der Waals surface area contributed by atoms with E-state index in [1.807, 2.05) is 5.32 Å². The molecule has 0 aliphatic heterocycles. The fraction of sp³-hybridized carbons (Fsp3) is 0.500. The van der Waals surface area contributed by atoms with Crippen molar-refractivity contribution in [1.82, 2.24) is 20.8 Å². The minimum Gasteiger partial charge on any atom is -0.480 e. The van der Waals surface area contributed by atoms with Gasteiger partial charge in [0.25, 0.3) is 0 Å². The molecule has 1 heterocycles. The van der Waals surface area contributed by atoms with Gasteiger partial charge in [0, 0.05) is 0 Å². The second-order valence-corrected chi connectivity index (χ2v) is 4.22. The summed E-state index contributed by atoms with van der Waals surface area (Å²) < 4.78 is 4.80. The van der Waals surface area contributed by atoms with Crippen LogP contribution < -0.4 is 22.1 Å². The molecule has 1 aromatic heterocycles. The van der Waals surface area contributed by atoms with E-state index >= 15 is 0 Å². The van der Waals surface area contributed by atoms with E-state index in [0.717, 1.165) is 0 Å². The van der Waals surface area contributed by atoms with Crippen LogP contribution in [0.25, 0.3) is 0 Å². The van der Waals surface area contributed by atoms with Crippen molar-refractivity contribution in [2.24, 2.45) is 11.5 Å². The number of aromatic nitrogens is 2. The lowest BCUT2D eigenvalue weighted by atomic mass is 10.2. The molecule has 3 amide bonds. The van der Waals surface area contributed by atoms with E-state index in [1.165, 1.54) is 0 Å². The van der Waals surface area contributed by atoms with Crippen molar-refractivity contribution >= 4 is 17.9 Å². The zero-order valence-electron chi connectivity index (χ0n) is 11.4. The molecule has 122 valence electrons. The summed E-state index contributed by atoms with van der Waals surface area (Å²) in [5, 5.41) is 25.2. The first-order valence-corrected chi connectivity index (χ1v) is 6.07. The Balaban J connectivity index is 2.79. The van der Waals surface area contributed by atoms with Gasteiger partial charge in [-0.25, -0.2) is 4.79 Å². The van der Waals surface area contributed by atoms with Gasteiger partial charge in [0.2, 0.25) is 11.8 Å². The van der Waals surface area contributed by atoms with Crippen molar-refractivity contribution in [3.8, 4) is 0 Å². The number of carboxylic acids is 1. The van der Waals surface area contributed by atoms with Crippen LogP contribution in [0.3, 0.4) is 0 Å². The smallest absolute Gasteiger partial charge is 0.323 e. The highest BCUT2D eigenvalue weighted by molar-refractivity contribution is 5.81. The van der Waals surface area contributed by atoms with Crippen LogP contribution in [0.15, 0.2) is 4.52 Å². The van der Waals surface area contributed by atoms with Gasteiger partial charge in [-0.2, -0.15) is 4.98 Å². The van der Waals surface area contributed by atoms with Gasteiger partial charge in [-0.15, -0.1) is 0 Å². The van der Waals surface area contributed by atoms with Crippen LogP contribution >= 0.6 is 0 Å². The van der Waals surface area contributed by atoms with Crippen LogP contribution in [-0.4, -0.2) is 51.4 Å². The molecule has 8 N–H and O–H groups in total. The number of aliphatic carboxylic acids is 1. The van der Waals surface area contributed by atoms with E-state index in [1.54, 1.807) is 0 Å². The number of carbonyl (C=O) groups is 3. The molecule has 0 bridgehead atoms. The quantitative estimate of drug-likeness (QED) is 0.296. The zero-order valence-corrected chi connectivity index (χ0v) is 11.4. The molecule has 12 heteroatoms. The third-order valence-corrected chi connectivity index (χ3v) is 2.39. The molecule has 0 radical (unpaired) electrons. The summed E-state index contributed by atoms with van der Waals surface area (Å²) in [6.45, 7) is -1.04. The molecule has 0 saturated carbocycles. The fourth-order valence-corrected chi connectivity index (χ4v) is 1.39. The lowest BCUT2D eigenvalue weighted by Crippen LogP contribution is -2.41. The lowest BCUT2D eigenvalue weighted by Gasteiger charge is -2.13. The van der Waals surface area contributed by atoms with Crippen LogP contribution in [0.2, 0.25) is 0 Å². The van der Waals surface area contributed by atoms with Crippen molar-refractivity contribution in [2.75, 3.05) is 13.2 Å². The summed E-state index contributed by atoms with van der Waals surface area (Å²) >= 11 is 0. The van der Waals surface area contributed by atoms with Crippen LogP contribution in [0, 0.1) is 0 Å². The van der Waals surface area contributed by atoms with Gasteiger partial charge in [0.1, 0.15) is 18.6 Å². The molecule has 0 aliphatic carbocycles. The molecule has 0 fully saturated rings. The number of carbonyl (C=O) groups excluding carboxylic acids is 2. The predicted octanol–water partition coefficient (Wildman–Crippen LogP) is -2.64. The largest absolute Gasteiger partial charge is 0.480 e. The molecule has 0 spiro atoms. The van der Waals surface area contributed by atoms with Crippen molar-refractivity contribution < 1.29 is 29.1 Å². The number of nitrogens with one attached hydrogen (secondary N) is 2. The van der Waals surface area contributed by atoms with Crippen LogP contribution in [0.4, 0.5) is 4.79 Å². The number of amides is 3. The Labute approximate surface area is 123 Å². The Bertz CT molecular complexity index is 546. The second-order valence-electron chi connectivity index (χ2n) is 4.22. The number of hydrogen-bond acceptors (Lipinski definition) is 8. The molecule has 0 aromatic carbocycles. The Morgan fingerprint density at radius 2 is 2.05 bits per heavy atom. The highest BCUT2D eigenvalue weighted by Gasteiger charge is 2.24. The number of aliphatic hydroxyl groups is 1. The average molecular weight is 316 g/mol. The summed E-state index contributed by atoms with van der Waals surface area (Å²) in [4.78, 5) is 36.8. The molecule has 1 aromatic rings. The monoisotopic (exact) mass is 316 g/mol. The van der Waals surface area contributed by atoms with Crippen molar-refractivity contribution in [3.05, 3.63) is 11.7 Å². The first-order chi connectivity index (χ1) is 10.3. The average Bonchev–Trinajstić information content (AvgIpc) is 2.92. The number of urea groups is 1. The van der Waals surface area contributed by atoms with Crippen molar-refractivity contribution in [1.29, 1.82) is 0 Å². The van der Waals surface area contributed by atoms with Crippen LogP contribution in [0.1, 0.15) is 30.2 Å². The van der Waals surface area contributed by atoms with Gasteiger partial charge in [0.05, 0.1) is 13.0 Å². The van der Waals surface area contributed by atoms with E-state index in [-0.39, 0.29) is 18.1 Å². The number of nitrogens with two attached hydrogens (primary N) is 2. The minimum atomic E-state index is -1.24. The van der Waals surface area contributed by atoms with Crippen LogP contribution in [-0.2, 0) is 9.59 Å². The molecule has 1 rings (SSSR count). The topological polar surface area (TPSA) is 207 Å². The highest BCUT2D eigenvalue weighted by atomic mass is 16.5. The summed E-state index contributed by atoms with van der Waals surface area (Å²) in [6.07, 6.45) is -0.339. The zero-order chi connectivity index (χ0) is 16.7. The van der Waals surface area contributed by atoms with E-state index in [9.17, 15) is 14.4 Å². The number of primary amides is 1. The number of carboxylic acid groups (broad SMARTS) is 1. The SMILES string of the molecule is NC(=O)C[C@H](NC(=O)NCC(=O)O)c1noc([C@@H](N)CO)n1. The van der Waals surface area contributed by atoms with E-state index < -0.39 is 43.1 Å². The third-order valence-electron chi connectivity index (χ3n) is 2.39. The maximum atomic E-state index is 11.5. The first kappa shape index (κ1) is 17.3. The molecule has 0 saturated heterocycles. The first-order valence-electron chi connectivity index (χ1n) is 6.07. The number of rotatable bonds is 8. The van der Waals surface area contributed by atoms with Gasteiger partial charge >= 0.3 is 12.0 Å². The van der Waals surface area contributed by atoms with Gasteiger partial charge in [-0.1, -0.05) is 5.16 Å². The molecule has 22 heavy (non-hydrogen) atoms. The molecule has 0 unspecified atom stereocenters. The number of hydrogen-bond donors (Lipinski definition) is 6. The van der Waals surface area contributed by atoms with Gasteiger partial charge in [-0.3, -0.25) is 9.59 Å². The number of nitrogens with zero attached hydrogens (tertiary/aromatic N) is 2. The van der Waals surface area contributed by atoms with Gasteiger partial charge < -0.3 is 36.8 Å². The normalized spacial score (nSPS) is 13.2. The Morgan fingerprint density at radius 1 is 1.36 bits per heavy atom. The Hall–Kier alpha value is -2.73. The molecular formula is C10H16N6O6. The Kier molecular flexibility index (Phi) is 6.22.